The zero-order chi connectivity index (χ0) is 20.7. The number of thiophene rings is 1. The molecule has 0 saturated heterocycles. The van der Waals surface area contributed by atoms with Crippen LogP contribution in [0, 0.1) is 0 Å². The molecule has 0 radical (unpaired) electrons. The van der Waals surface area contributed by atoms with Crippen molar-refractivity contribution in [3.05, 3.63) is 52.2 Å². The van der Waals surface area contributed by atoms with E-state index in [9.17, 15) is 0 Å². The zero-order valence-electron chi connectivity index (χ0n) is 18.1. The normalized spacial score (nSPS) is 21.1. The van der Waals surface area contributed by atoms with Gasteiger partial charge in [-0.15, -0.1) is 11.3 Å². The van der Waals surface area contributed by atoms with Crippen LogP contribution in [0.25, 0.3) is 21.9 Å². The smallest absolute Gasteiger partial charge is 0.139 e. The van der Waals surface area contributed by atoms with E-state index in [4.69, 9.17) is 4.98 Å². The second-order valence-electron chi connectivity index (χ2n) is 8.81. The van der Waals surface area contributed by atoms with Crippen LogP contribution in [0.2, 0.25) is 0 Å². The van der Waals surface area contributed by atoms with Crippen LogP contribution in [-0.2, 0) is 12.8 Å². The van der Waals surface area contributed by atoms with E-state index in [0.29, 0.717) is 12.1 Å². The summed E-state index contributed by atoms with van der Waals surface area (Å²) in [6.07, 6.45) is 11.0. The number of rotatable bonds is 5. The fourth-order valence-electron chi connectivity index (χ4n) is 5.05. The summed E-state index contributed by atoms with van der Waals surface area (Å²) in [7, 11) is 4.40. The van der Waals surface area contributed by atoms with Gasteiger partial charge in [-0.1, -0.05) is 37.3 Å². The maximum atomic E-state index is 4.73. The summed E-state index contributed by atoms with van der Waals surface area (Å²) < 4.78 is 0. The van der Waals surface area contributed by atoms with Crippen LogP contribution in [-0.4, -0.2) is 41.0 Å². The minimum absolute atomic E-state index is 0.492. The number of nitrogens with one attached hydrogen (secondary N) is 1. The van der Waals surface area contributed by atoms with Gasteiger partial charge in [0.05, 0.1) is 5.39 Å². The second-order valence-corrected chi connectivity index (χ2v) is 9.90. The van der Waals surface area contributed by atoms with Gasteiger partial charge in [0.2, 0.25) is 0 Å². The topological polar surface area (TPSA) is 41.1 Å². The molecule has 5 rings (SSSR count). The van der Waals surface area contributed by atoms with Crippen molar-refractivity contribution in [3.63, 3.8) is 0 Å². The standard InChI is InChI=1S/C25H30N4S/c1-4-21-22(18-13-16-7-5-6-8-17(16)14-18)23-24(26-15-27-25(23)30-21)28-19-9-11-20(12-10-19)29(2)3/h5-8,13,15,19-20H,4,9-12,14H2,1-3H3,(H,26,27,28)/t19-,20-. The number of benzene rings is 1. The van der Waals surface area contributed by atoms with Crippen molar-refractivity contribution in [2.24, 2.45) is 0 Å². The molecule has 1 N–H and O–H groups in total. The van der Waals surface area contributed by atoms with Gasteiger partial charge in [0.15, 0.2) is 0 Å². The number of anilines is 1. The molecular formula is C25H30N4S. The third kappa shape index (κ3) is 3.54. The van der Waals surface area contributed by atoms with Gasteiger partial charge >= 0.3 is 0 Å². The molecule has 0 unspecified atom stereocenters. The molecule has 1 aromatic carbocycles. The predicted octanol–water partition coefficient (Wildman–Crippen LogP) is 5.64. The summed E-state index contributed by atoms with van der Waals surface area (Å²) in [6.45, 7) is 2.25. The van der Waals surface area contributed by atoms with Gasteiger partial charge in [-0.2, -0.15) is 0 Å². The number of allylic oxidation sites excluding steroid dienone is 1. The molecule has 0 atom stereocenters. The van der Waals surface area contributed by atoms with E-state index in [-0.39, 0.29) is 0 Å². The number of nitrogens with zero attached hydrogens (tertiary/aromatic N) is 3. The van der Waals surface area contributed by atoms with Crippen molar-refractivity contribution < 1.29 is 0 Å². The van der Waals surface area contributed by atoms with Crippen LogP contribution >= 0.6 is 11.3 Å². The molecule has 0 aliphatic heterocycles. The Balaban J connectivity index is 1.50. The Hall–Kier alpha value is -2.24. The minimum atomic E-state index is 0.492. The van der Waals surface area contributed by atoms with Crippen LogP contribution in [0.4, 0.5) is 5.82 Å². The molecule has 5 heteroatoms. The average Bonchev–Trinajstić information content (AvgIpc) is 3.35. The molecule has 0 amide bonds. The summed E-state index contributed by atoms with van der Waals surface area (Å²) in [6, 6.07) is 9.94. The van der Waals surface area contributed by atoms with Crippen molar-refractivity contribution in [1.29, 1.82) is 0 Å². The van der Waals surface area contributed by atoms with Gasteiger partial charge in [0, 0.05) is 22.5 Å². The highest BCUT2D eigenvalue weighted by atomic mass is 32.1. The number of hydrogen-bond donors (Lipinski definition) is 1. The number of fused-ring (bicyclic) bond motifs is 2. The van der Waals surface area contributed by atoms with E-state index in [2.05, 4.69) is 66.6 Å². The third-order valence-corrected chi connectivity index (χ3v) is 7.98. The fraction of sp³-hybridized carbons (Fsp3) is 0.440. The fourth-order valence-corrected chi connectivity index (χ4v) is 6.16. The molecule has 1 saturated carbocycles. The maximum absolute atomic E-state index is 4.73. The molecule has 0 spiro atoms. The van der Waals surface area contributed by atoms with Crippen molar-refractivity contribution in [3.8, 4) is 0 Å². The lowest BCUT2D eigenvalue weighted by atomic mass is 9.90. The first kappa shape index (κ1) is 19.7. The van der Waals surface area contributed by atoms with Crippen LogP contribution in [0.3, 0.4) is 0 Å². The minimum Gasteiger partial charge on any atom is -0.367 e. The van der Waals surface area contributed by atoms with Gasteiger partial charge < -0.3 is 10.2 Å². The van der Waals surface area contributed by atoms with E-state index in [0.717, 1.165) is 23.5 Å². The van der Waals surface area contributed by atoms with Gasteiger partial charge in [-0.25, -0.2) is 9.97 Å². The molecule has 2 aliphatic carbocycles. The van der Waals surface area contributed by atoms with E-state index < -0.39 is 0 Å². The Kier molecular flexibility index (Phi) is 5.34. The highest BCUT2D eigenvalue weighted by Crippen LogP contribution is 2.43. The van der Waals surface area contributed by atoms with Gasteiger partial charge in [0.25, 0.3) is 0 Å². The molecule has 3 aromatic rings. The van der Waals surface area contributed by atoms with Crippen LogP contribution in [0.1, 0.15) is 54.2 Å². The Morgan fingerprint density at radius 2 is 1.90 bits per heavy atom. The first-order chi connectivity index (χ1) is 14.6. The van der Waals surface area contributed by atoms with E-state index in [1.54, 1.807) is 6.33 Å². The lowest BCUT2D eigenvalue weighted by Crippen LogP contribution is -2.36. The maximum Gasteiger partial charge on any atom is 0.139 e. The first-order valence-corrected chi connectivity index (χ1v) is 11.9. The van der Waals surface area contributed by atoms with Gasteiger partial charge in [-0.3, -0.25) is 0 Å². The first-order valence-electron chi connectivity index (χ1n) is 11.1. The monoisotopic (exact) mass is 418 g/mol. The highest BCUT2D eigenvalue weighted by molar-refractivity contribution is 7.19. The number of aromatic nitrogens is 2. The van der Waals surface area contributed by atoms with Crippen LogP contribution in [0.15, 0.2) is 30.6 Å². The Labute approximate surface area is 183 Å². The van der Waals surface area contributed by atoms with Gasteiger partial charge in [-0.05, 0) is 69.3 Å². The largest absolute Gasteiger partial charge is 0.367 e. The summed E-state index contributed by atoms with van der Waals surface area (Å²) in [5.74, 6) is 1.02. The summed E-state index contributed by atoms with van der Waals surface area (Å²) in [4.78, 5) is 14.3. The summed E-state index contributed by atoms with van der Waals surface area (Å²) in [5, 5.41) is 5.05. The van der Waals surface area contributed by atoms with Crippen molar-refractivity contribution in [1.82, 2.24) is 14.9 Å². The summed E-state index contributed by atoms with van der Waals surface area (Å²) >= 11 is 1.83. The van der Waals surface area contributed by atoms with E-state index in [1.165, 1.54) is 58.2 Å². The van der Waals surface area contributed by atoms with E-state index >= 15 is 0 Å². The second kappa shape index (κ2) is 8.12. The molecule has 2 heterocycles. The van der Waals surface area contributed by atoms with Crippen LogP contribution < -0.4 is 5.32 Å². The van der Waals surface area contributed by atoms with Crippen molar-refractivity contribution in [2.45, 2.75) is 57.5 Å². The molecular weight excluding hydrogens is 388 g/mol. The van der Waals surface area contributed by atoms with Crippen molar-refractivity contribution >= 4 is 39.0 Å². The molecule has 4 nitrogen and oxygen atoms in total. The lowest BCUT2D eigenvalue weighted by molar-refractivity contribution is 0.221. The third-order valence-electron chi connectivity index (χ3n) is 6.74. The lowest BCUT2D eigenvalue weighted by Gasteiger charge is -2.33. The molecule has 0 bridgehead atoms. The Bertz CT molecular complexity index is 1090. The Morgan fingerprint density at radius 1 is 1.10 bits per heavy atom. The van der Waals surface area contributed by atoms with Crippen LogP contribution in [0.5, 0.6) is 0 Å². The molecule has 2 aliphatic rings. The quantitative estimate of drug-likeness (QED) is 0.582. The summed E-state index contributed by atoms with van der Waals surface area (Å²) in [5.41, 5.74) is 5.55. The van der Waals surface area contributed by atoms with Gasteiger partial charge in [0.1, 0.15) is 17.0 Å². The molecule has 156 valence electrons. The molecule has 30 heavy (non-hydrogen) atoms. The molecule has 1 fully saturated rings. The Morgan fingerprint density at radius 3 is 2.63 bits per heavy atom. The SMILES string of the molecule is CCc1sc2ncnc(N[C@H]3CC[C@H](N(C)C)CC3)c2c1C1=Cc2ccccc2C1. The number of hydrogen-bond acceptors (Lipinski definition) is 5. The number of aryl methyl sites for hydroxylation is 1. The van der Waals surface area contributed by atoms with E-state index in [1.807, 2.05) is 11.3 Å². The zero-order valence-corrected chi connectivity index (χ0v) is 18.9. The predicted molar refractivity (Wildman–Crippen MR) is 128 cm³/mol. The average molecular weight is 419 g/mol. The molecule has 2 aromatic heterocycles. The highest BCUT2D eigenvalue weighted by Gasteiger charge is 2.26. The van der Waals surface area contributed by atoms with Crippen molar-refractivity contribution in [2.75, 3.05) is 19.4 Å².